The van der Waals surface area contributed by atoms with Crippen molar-refractivity contribution in [2.24, 2.45) is 11.8 Å². The molecule has 1 heterocycles. The van der Waals surface area contributed by atoms with Gasteiger partial charge < -0.3 is 18.9 Å². The molecule has 2 rings (SSSR count). The molecule has 0 bridgehead atoms. The lowest BCUT2D eigenvalue weighted by Crippen LogP contribution is -2.26. The third-order valence-electron chi connectivity index (χ3n) is 5.89. The fraction of sp³-hybridized carbons (Fsp3) is 0.481. The third-order valence-corrected chi connectivity index (χ3v) is 5.89. The van der Waals surface area contributed by atoms with Crippen molar-refractivity contribution in [1.82, 2.24) is 4.98 Å². The number of carbonyl (C=O) groups is 3. The van der Waals surface area contributed by atoms with E-state index in [1.807, 2.05) is 39.0 Å². The van der Waals surface area contributed by atoms with Gasteiger partial charge in [-0.25, -0.2) is 4.98 Å². The van der Waals surface area contributed by atoms with Crippen LogP contribution in [-0.4, -0.2) is 43.0 Å². The first-order valence-electron chi connectivity index (χ1n) is 11.6. The molecular formula is C27H35NO7. The number of esters is 2. The summed E-state index contributed by atoms with van der Waals surface area (Å²) in [6, 6.07) is 7.28. The largest absolute Gasteiger partial charge is 0.497 e. The van der Waals surface area contributed by atoms with E-state index in [1.165, 1.54) is 19.4 Å². The zero-order chi connectivity index (χ0) is 26.3. The van der Waals surface area contributed by atoms with Crippen LogP contribution in [0.25, 0.3) is 0 Å². The van der Waals surface area contributed by atoms with Crippen molar-refractivity contribution in [2.75, 3.05) is 14.2 Å². The van der Waals surface area contributed by atoms with Crippen molar-refractivity contribution in [2.45, 2.75) is 60.0 Å². The van der Waals surface area contributed by atoms with Crippen LogP contribution in [0.5, 0.6) is 17.2 Å². The molecule has 35 heavy (non-hydrogen) atoms. The van der Waals surface area contributed by atoms with E-state index in [0.717, 1.165) is 16.9 Å². The molecule has 0 aliphatic rings. The molecule has 0 saturated heterocycles. The number of hydrogen-bond donors (Lipinski definition) is 0. The number of ketones is 1. The molecule has 1 aromatic carbocycles. The van der Waals surface area contributed by atoms with Crippen molar-refractivity contribution in [3.8, 4) is 17.2 Å². The topological polar surface area (TPSA) is 101 Å². The molecule has 0 unspecified atom stereocenters. The Morgan fingerprint density at radius 1 is 0.943 bits per heavy atom. The van der Waals surface area contributed by atoms with Crippen molar-refractivity contribution < 1.29 is 33.3 Å². The number of benzene rings is 1. The molecule has 190 valence electrons. The summed E-state index contributed by atoms with van der Waals surface area (Å²) in [5, 5.41) is 0. The number of Topliss-reactive ketones (excluding diaryl/α,β-unsaturated/α-hetero) is 1. The minimum Gasteiger partial charge on any atom is -0.497 e. The standard InChI is InChI=1S/C27H35NO7/c1-15(2)26(30)35-25-23(33-8)11-12-28-24(25)22(29)14-17(4)27(31)34-19(6)18(5)21-10-9-20(32-7)13-16(21)3/h9-13,15,17-19H,14H2,1-8H3/t17-,18+,19-/m1/s1. The van der Waals surface area contributed by atoms with Gasteiger partial charge in [0.05, 0.1) is 26.1 Å². The van der Waals surface area contributed by atoms with E-state index in [2.05, 4.69) is 4.98 Å². The predicted octanol–water partition coefficient (Wildman–Crippen LogP) is 4.91. The number of carbonyl (C=O) groups excluding carboxylic acids is 3. The number of nitrogens with zero attached hydrogens (tertiary/aromatic N) is 1. The number of hydrogen-bond acceptors (Lipinski definition) is 8. The van der Waals surface area contributed by atoms with E-state index in [1.54, 1.807) is 27.9 Å². The number of aromatic nitrogens is 1. The average Bonchev–Trinajstić information content (AvgIpc) is 2.83. The van der Waals surface area contributed by atoms with Gasteiger partial charge in [-0.1, -0.05) is 33.8 Å². The van der Waals surface area contributed by atoms with Crippen LogP contribution < -0.4 is 14.2 Å². The molecule has 3 atom stereocenters. The maximum Gasteiger partial charge on any atom is 0.313 e. The highest BCUT2D eigenvalue weighted by molar-refractivity contribution is 6.00. The van der Waals surface area contributed by atoms with E-state index < -0.39 is 35.7 Å². The maximum atomic E-state index is 13.0. The highest BCUT2D eigenvalue weighted by Crippen LogP contribution is 2.32. The summed E-state index contributed by atoms with van der Waals surface area (Å²) < 4.78 is 21.6. The molecule has 0 saturated carbocycles. The smallest absolute Gasteiger partial charge is 0.313 e. The van der Waals surface area contributed by atoms with E-state index >= 15 is 0 Å². The summed E-state index contributed by atoms with van der Waals surface area (Å²) in [6.45, 7) is 10.8. The third kappa shape index (κ3) is 7.04. The van der Waals surface area contributed by atoms with Crippen LogP contribution in [-0.2, 0) is 14.3 Å². The molecule has 2 aromatic rings. The molecule has 0 aliphatic heterocycles. The highest BCUT2D eigenvalue weighted by atomic mass is 16.6. The van der Waals surface area contributed by atoms with Crippen LogP contribution in [0, 0.1) is 18.8 Å². The highest BCUT2D eigenvalue weighted by Gasteiger charge is 2.28. The van der Waals surface area contributed by atoms with Crippen molar-refractivity contribution in [3.05, 3.63) is 47.3 Å². The van der Waals surface area contributed by atoms with E-state index in [-0.39, 0.29) is 29.5 Å². The van der Waals surface area contributed by atoms with E-state index in [0.29, 0.717) is 0 Å². The minimum atomic E-state index is -0.726. The van der Waals surface area contributed by atoms with Gasteiger partial charge in [-0.2, -0.15) is 0 Å². The summed E-state index contributed by atoms with van der Waals surface area (Å²) in [7, 11) is 3.02. The second-order valence-corrected chi connectivity index (χ2v) is 8.95. The Morgan fingerprint density at radius 2 is 1.63 bits per heavy atom. The Hall–Kier alpha value is -3.42. The maximum absolute atomic E-state index is 13.0. The van der Waals surface area contributed by atoms with Gasteiger partial charge in [0, 0.05) is 24.6 Å². The molecule has 0 fully saturated rings. The van der Waals surface area contributed by atoms with Crippen LogP contribution in [0.1, 0.15) is 68.6 Å². The SMILES string of the molecule is COc1ccc([C@@H](C)[C@@H](C)OC(=O)[C@H](C)CC(=O)c2nccc(OC)c2OC(=O)C(C)C)c(C)c1. The van der Waals surface area contributed by atoms with Gasteiger partial charge in [0.2, 0.25) is 5.75 Å². The number of pyridine rings is 1. The van der Waals surface area contributed by atoms with Crippen LogP contribution in [0.4, 0.5) is 0 Å². The Morgan fingerprint density at radius 3 is 2.20 bits per heavy atom. The quantitative estimate of drug-likeness (QED) is 0.327. The van der Waals surface area contributed by atoms with E-state index in [9.17, 15) is 14.4 Å². The second-order valence-electron chi connectivity index (χ2n) is 8.95. The molecule has 0 spiro atoms. The Labute approximate surface area is 206 Å². The summed E-state index contributed by atoms with van der Waals surface area (Å²) in [4.78, 5) is 42.1. The minimum absolute atomic E-state index is 0.0451. The number of ether oxygens (including phenoxy) is 4. The van der Waals surface area contributed by atoms with Gasteiger partial charge in [-0.3, -0.25) is 14.4 Å². The second kappa shape index (κ2) is 12.3. The van der Waals surface area contributed by atoms with Gasteiger partial charge in [0.1, 0.15) is 11.9 Å². The first kappa shape index (κ1) is 27.8. The lowest BCUT2D eigenvalue weighted by Gasteiger charge is -2.24. The van der Waals surface area contributed by atoms with E-state index in [4.69, 9.17) is 18.9 Å². The van der Waals surface area contributed by atoms with Crippen molar-refractivity contribution in [3.63, 3.8) is 0 Å². The molecular weight excluding hydrogens is 450 g/mol. The number of methoxy groups -OCH3 is 2. The first-order chi connectivity index (χ1) is 16.5. The molecule has 8 nitrogen and oxygen atoms in total. The molecule has 0 aliphatic carbocycles. The van der Waals surface area contributed by atoms with Crippen LogP contribution >= 0.6 is 0 Å². The van der Waals surface area contributed by atoms with Gasteiger partial charge in [-0.15, -0.1) is 0 Å². The van der Waals surface area contributed by atoms with Crippen LogP contribution in [0.2, 0.25) is 0 Å². The molecule has 0 amide bonds. The van der Waals surface area contributed by atoms with Gasteiger partial charge in [-0.05, 0) is 37.1 Å². The molecule has 0 radical (unpaired) electrons. The summed E-state index contributed by atoms with van der Waals surface area (Å²) >= 11 is 0. The molecule has 0 N–H and O–H groups in total. The van der Waals surface area contributed by atoms with Gasteiger partial charge in [0.15, 0.2) is 17.2 Å². The lowest BCUT2D eigenvalue weighted by atomic mass is 9.92. The fourth-order valence-electron chi connectivity index (χ4n) is 3.51. The number of aryl methyl sites for hydroxylation is 1. The normalized spacial score (nSPS) is 13.5. The van der Waals surface area contributed by atoms with Gasteiger partial charge >= 0.3 is 11.9 Å². The summed E-state index contributed by atoms with van der Waals surface area (Å²) in [5.41, 5.74) is 2.02. The average molecular weight is 486 g/mol. The Bertz CT molecular complexity index is 1060. The van der Waals surface area contributed by atoms with Crippen LogP contribution in [0.15, 0.2) is 30.5 Å². The summed E-state index contributed by atoms with van der Waals surface area (Å²) in [5.74, 6) is -1.73. The van der Waals surface area contributed by atoms with Crippen molar-refractivity contribution in [1.29, 1.82) is 0 Å². The lowest BCUT2D eigenvalue weighted by molar-refractivity contribution is -0.153. The number of rotatable bonds is 11. The Kier molecular flexibility index (Phi) is 9.80. The molecule has 8 heteroatoms. The zero-order valence-electron chi connectivity index (χ0n) is 21.7. The monoisotopic (exact) mass is 485 g/mol. The summed E-state index contributed by atoms with van der Waals surface area (Å²) in [6.07, 6.45) is 0.820. The van der Waals surface area contributed by atoms with Crippen LogP contribution in [0.3, 0.4) is 0 Å². The first-order valence-corrected chi connectivity index (χ1v) is 11.6. The predicted molar refractivity (Wildman–Crippen MR) is 131 cm³/mol. The van der Waals surface area contributed by atoms with Gasteiger partial charge in [0.25, 0.3) is 0 Å². The van der Waals surface area contributed by atoms with Crippen molar-refractivity contribution >= 4 is 17.7 Å². The fourth-order valence-corrected chi connectivity index (χ4v) is 3.51. The molecule has 1 aromatic heterocycles. The Balaban J connectivity index is 2.11. The zero-order valence-corrected chi connectivity index (χ0v) is 21.7.